The zero-order chi connectivity index (χ0) is 17.1. The first kappa shape index (κ1) is 16.1. The summed E-state index contributed by atoms with van der Waals surface area (Å²) < 4.78 is 2.10. The molecule has 0 aliphatic carbocycles. The number of hydrogen-bond donors (Lipinski definition) is 2. The number of rotatable bonds is 4. The van der Waals surface area contributed by atoms with Gasteiger partial charge in [0.25, 0.3) is 5.91 Å². The molecule has 0 saturated heterocycles. The van der Waals surface area contributed by atoms with Gasteiger partial charge in [0, 0.05) is 5.56 Å². The molecule has 7 nitrogen and oxygen atoms in total. The number of hydrogen-bond acceptors (Lipinski definition) is 5. The van der Waals surface area contributed by atoms with Gasteiger partial charge in [0.15, 0.2) is 5.82 Å². The van der Waals surface area contributed by atoms with Crippen LogP contribution in [0, 0.1) is 0 Å². The fourth-order valence-corrected chi connectivity index (χ4v) is 2.46. The van der Waals surface area contributed by atoms with Gasteiger partial charge < -0.3 is 10.4 Å². The first-order valence-corrected chi connectivity index (χ1v) is 7.98. The molecule has 1 heterocycles. The molecule has 3 rings (SSSR count). The maximum Gasteiger partial charge on any atom is 0.251 e. The Labute approximate surface area is 146 Å². The number of carbonyl (C=O) groups excluding carboxylic acids is 1. The summed E-state index contributed by atoms with van der Waals surface area (Å²) >= 11 is 3.18. The van der Waals surface area contributed by atoms with E-state index in [0.717, 1.165) is 5.69 Å². The highest BCUT2D eigenvalue weighted by molar-refractivity contribution is 9.10. The maximum atomic E-state index is 12.3. The molecule has 1 aromatic heterocycles. The van der Waals surface area contributed by atoms with E-state index < -0.39 is 6.04 Å². The van der Waals surface area contributed by atoms with Gasteiger partial charge in [-0.05, 0) is 63.6 Å². The standard InChI is InChI=1S/C16H14BrN5O2/c1-10(18-16(24)11-7-8-13(17)14(23)9-11)15-19-20-21-22(15)12-5-3-2-4-6-12/h2-10,23H,1H3,(H,18,24). The monoisotopic (exact) mass is 387 g/mol. The van der Waals surface area contributed by atoms with Crippen LogP contribution in [0.1, 0.15) is 29.1 Å². The second-order valence-electron chi connectivity index (χ2n) is 5.15. The van der Waals surface area contributed by atoms with Crippen molar-refractivity contribution in [1.29, 1.82) is 0 Å². The Morgan fingerprint density at radius 2 is 2.00 bits per heavy atom. The minimum atomic E-state index is -0.418. The Morgan fingerprint density at radius 3 is 2.71 bits per heavy atom. The fourth-order valence-electron chi connectivity index (χ4n) is 2.22. The van der Waals surface area contributed by atoms with Crippen molar-refractivity contribution in [3.8, 4) is 11.4 Å². The molecule has 0 fully saturated rings. The molecule has 1 unspecified atom stereocenters. The number of nitrogens with one attached hydrogen (secondary N) is 1. The molecule has 0 aliphatic heterocycles. The van der Waals surface area contributed by atoms with Crippen molar-refractivity contribution in [3.05, 3.63) is 64.4 Å². The zero-order valence-corrected chi connectivity index (χ0v) is 14.3. The Morgan fingerprint density at radius 1 is 1.25 bits per heavy atom. The average Bonchev–Trinajstić information content (AvgIpc) is 3.08. The van der Waals surface area contributed by atoms with E-state index in [2.05, 4.69) is 36.8 Å². The molecular formula is C16H14BrN5O2. The number of halogens is 1. The summed E-state index contributed by atoms with van der Waals surface area (Å²) in [6.07, 6.45) is 0. The van der Waals surface area contributed by atoms with Gasteiger partial charge in [0.05, 0.1) is 16.2 Å². The van der Waals surface area contributed by atoms with Gasteiger partial charge in [-0.2, -0.15) is 4.68 Å². The van der Waals surface area contributed by atoms with Crippen LogP contribution in [0.2, 0.25) is 0 Å². The van der Waals surface area contributed by atoms with E-state index in [9.17, 15) is 9.90 Å². The Balaban J connectivity index is 1.81. The van der Waals surface area contributed by atoms with Crippen LogP contribution in [0.25, 0.3) is 5.69 Å². The van der Waals surface area contributed by atoms with E-state index >= 15 is 0 Å². The lowest BCUT2D eigenvalue weighted by atomic mass is 10.2. The van der Waals surface area contributed by atoms with Crippen molar-refractivity contribution < 1.29 is 9.90 Å². The number of phenolic OH excluding ortho intramolecular Hbond substituents is 1. The van der Waals surface area contributed by atoms with Crippen molar-refractivity contribution in [2.24, 2.45) is 0 Å². The van der Waals surface area contributed by atoms with E-state index in [1.807, 2.05) is 30.3 Å². The van der Waals surface area contributed by atoms with E-state index in [-0.39, 0.29) is 11.7 Å². The Bertz CT molecular complexity index is 866. The predicted octanol–water partition coefficient (Wildman–Crippen LogP) is 2.62. The van der Waals surface area contributed by atoms with Gasteiger partial charge in [0.2, 0.25) is 0 Å². The highest BCUT2D eigenvalue weighted by atomic mass is 79.9. The maximum absolute atomic E-state index is 12.3. The van der Waals surface area contributed by atoms with E-state index in [1.165, 1.54) is 6.07 Å². The van der Waals surface area contributed by atoms with Gasteiger partial charge in [-0.3, -0.25) is 4.79 Å². The molecule has 1 amide bonds. The molecular weight excluding hydrogens is 374 g/mol. The van der Waals surface area contributed by atoms with Crippen molar-refractivity contribution >= 4 is 21.8 Å². The molecule has 1 atom stereocenters. The first-order chi connectivity index (χ1) is 11.6. The molecule has 0 spiro atoms. The number of nitrogens with zero attached hydrogens (tertiary/aromatic N) is 4. The minimum Gasteiger partial charge on any atom is -0.507 e. The van der Waals surface area contributed by atoms with Crippen LogP contribution in [0.5, 0.6) is 5.75 Å². The summed E-state index contributed by atoms with van der Waals surface area (Å²) in [4.78, 5) is 12.3. The summed E-state index contributed by atoms with van der Waals surface area (Å²) in [7, 11) is 0. The summed E-state index contributed by atoms with van der Waals surface area (Å²) in [5.74, 6) is 0.188. The second-order valence-corrected chi connectivity index (χ2v) is 6.00. The smallest absolute Gasteiger partial charge is 0.251 e. The molecule has 0 aliphatic rings. The molecule has 3 aromatic rings. The number of para-hydroxylation sites is 1. The van der Waals surface area contributed by atoms with Crippen LogP contribution in [0.4, 0.5) is 0 Å². The summed E-state index contributed by atoms with van der Waals surface area (Å²) in [6.45, 7) is 1.79. The first-order valence-electron chi connectivity index (χ1n) is 7.19. The quantitative estimate of drug-likeness (QED) is 0.717. The second kappa shape index (κ2) is 6.79. The molecule has 0 radical (unpaired) electrons. The summed E-state index contributed by atoms with van der Waals surface area (Å²) in [6, 6.07) is 13.6. The van der Waals surface area contributed by atoms with Crippen LogP contribution in [0.15, 0.2) is 53.0 Å². The largest absolute Gasteiger partial charge is 0.507 e. The lowest BCUT2D eigenvalue weighted by Crippen LogP contribution is -2.28. The highest BCUT2D eigenvalue weighted by Gasteiger charge is 2.19. The minimum absolute atomic E-state index is 0.00409. The van der Waals surface area contributed by atoms with E-state index in [0.29, 0.717) is 15.9 Å². The SMILES string of the molecule is CC(NC(=O)c1ccc(Br)c(O)c1)c1nnnn1-c1ccccc1. The van der Waals surface area contributed by atoms with Crippen molar-refractivity contribution in [3.63, 3.8) is 0 Å². The molecule has 2 aromatic carbocycles. The number of aromatic nitrogens is 4. The van der Waals surface area contributed by atoms with Gasteiger partial charge >= 0.3 is 0 Å². The molecule has 0 bridgehead atoms. The number of phenols is 1. The number of aromatic hydroxyl groups is 1. The Hall–Kier alpha value is -2.74. The molecule has 24 heavy (non-hydrogen) atoms. The number of tetrazole rings is 1. The average molecular weight is 388 g/mol. The van der Waals surface area contributed by atoms with Gasteiger partial charge in [-0.1, -0.05) is 18.2 Å². The fraction of sp³-hybridized carbons (Fsp3) is 0.125. The Kier molecular flexibility index (Phi) is 4.57. The third-order valence-corrected chi connectivity index (χ3v) is 4.11. The molecule has 0 saturated carbocycles. The van der Waals surface area contributed by atoms with Crippen LogP contribution < -0.4 is 5.32 Å². The summed E-state index contributed by atoms with van der Waals surface area (Å²) in [5, 5.41) is 24.2. The molecule has 8 heteroatoms. The lowest BCUT2D eigenvalue weighted by molar-refractivity contribution is 0.0937. The van der Waals surface area contributed by atoms with Gasteiger partial charge in [0.1, 0.15) is 5.75 Å². The lowest BCUT2D eigenvalue weighted by Gasteiger charge is -2.14. The van der Waals surface area contributed by atoms with Crippen LogP contribution in [-0.4, -0.2) is 31.2 Å². The van der Waals surface area contributed by atoms with E-state index in [4.69, 9.17) is 0 Å². The highest BCUT2D eigenvalue weighted by Crippen LogP contribution is 2.24. The predicted molar refractivity (Wildman–Crippen MR) is 90.8 cm³/mol. The molecule has 2 N–H and O–H groups in total. The van der Waals surface area contributed by atoms with Crippen LogP contribution >= 0.6 is 15.9 Å². The molecule has 122 valence electrons. The van der Waals surface area contributed by atoms with Crippen molar-refractivity contribution in [2.75, 3.05) is 0 Å². The summed E-state index contributed by atoms with van der Waals surface area (Å²) in [5.41, 5.74) is 1.15. The number of carbonyl (C=O) groups is 1. The number of amides is 1. The zero-order valence-electron chi connectivity index (χ0n) is 12.7. The third kappa shape index (κ3) is 3.28. The number of benzene rings is 2. The van der Waals surface area contributed by atoms with Gasteiger partial charge in [-0.15, -0.1) is 5.10 Å². The topological polar surface area (TPSA) is 92.9 Å². The van der Waals surface area contributed by atoms with Crippen molar-refractivity contribution in [2.45, 2.75) is 13.0 Å². The van der Waals surface area contributed by atoms with Crippen LogP contribution in [-0.2, 0) is 0 Å². The van der Waals surface area contributed by atoms with Crippen LogP contribution in [0.3, 0.4) is 0 Å². The van der Waals surface area contributed by atoms with Crippen molar-refractivity contribution in [1.82, 2.24) is 25.5 Å². The van der Waals surface area contributed by atoms with E-state index in [1.54, 1.807) is 23.7 Å². The normalized spacial score (nSPS) is 11.9. The third-order valence-electron chi connectivity index (χ3n) is 3.44. The van der Waals surface area contributed by atoms with Gasteiger partial charge in [-0.25, -0.2) is 0 Å².